The third-order valence-electron chi connectivity index (χ3n) is 5.23. The van der Waals surface area contributed by atoms with Gasteiger partial charge in [-0.3, -0.25) is 9.59 Å². The van der Waals surface area contributed by atoms with Gasteiger partial charge in [0, 0.05) is 39.3 Å². The Morgan fingerprint density at radius 1 is 1.32 bits per heavy atom. The van der Waals surface area contributed by atoms with Crippen molar-refractivity contribution in [3.05, 3.63) is 24.0 Å². The van der Waals surface area contributed by atoms with E-state index in [9.17, 15) is 9.59 Å². The molecule has 0 saturated carbocycles. The second-order valence-electron chi connectivity index (χ2n) is 6.55. The van der Waals surface area contributed by atoms with E-state index in [2.05, 4.69) is 0 Å². The molecule has 0 radical (unpaired) electrons. The lowest BCUT2D eigenvalue weighted by Gasteiger charge is -2.51. The number of carbonyl (C=O) groups excluding carboxylic acids is 2. The van der Waals surface area contributed by atoms with Gasteiger partial charge in [0.2, 0.25) is 5.91 Å². The molecule has 1 atom stereocenters. The zero-order valence-corrected chi connectivity index (χ0v) is 13.5. The number of aryl methyl sites for hydroxylation is 1. The largest absolute Gasteiger partial charge is 0.347 e. The highest BCUT2D eigenvalue weighted by molar-refractivity contribution is 5.93. The van der Waals surface area contributed by atoms with Gasteiger partial charge in [-0.15, -0.1) is 0 Å². The summed E-state index contributed by atoms with van der Waals surface area (Å²) in [6, 6.07) is 3.77. The summed E-state index contributed by atoms with van der Waals surface area (Å²) in [4.78, 5) is 29.0. The monoisotopic (exact) mass is 303 g/mol. The fourth-order valence-corrected chi connectivity index (χ4v) is 4.17. The van der Waals surface area contributed by atoms with Gasteiger partial charge in [0.15, 0.2) is 0 Å². The molecule has 0 aromatic carbocycles. The summed E-state index contributed by atoms with van der Waals surface area (Å²) < 4.78 is 1.87. The van der Waals surface area contributed by atoms with E-state index >= 15 is 0 Å². The van der Waals surface area contributed by atoms with Crippen LogP contribution in [-0.2, 0) is 11.8 Å². The van der Waals surface area contributed by atoms with Crippen LogP contribution in [0.2, 0.25) is 0 Å². The van der Waals surface area contributed by atoms with Crippen molar-refractivity contribution in [3.63, 3.8) is 0 Å². The van der Waals surface area contributed by atoms with E-state index in [1.165, 1.54) is 0 Å². The summed E-state index contributed by atoms with van der Waals surface area (Å²) in [6.07, 6.45) is 6.51. The number of carbonyl (C=O) groups is 2. The van der Waals surface area contributed by atoms with E-state index in [0.717, 1.165) is 44.5 Å². The number of hydrogen-bond acceptors (Lipinski definition) is 2. The van der Waals surface area contributed by atoms with Gasteiger partial charge in [0.25, 0.3) is 5.91 Å². The molecule has 2 fully saturated rings. The highest BCUT2D eigenvalue weighted by Crippen LogP contribution is 2.36. The average molecular weight is 303 g/mol. The van der Waals surface area contributed by atoms with E-state index in [-0.39, 0.29) is 17.4 Å². The van der Waals surface area contributed by atoms with Crippen LogP contribution >= 0.6 is 0 Å². The Kier molecular flexibility index (Phi) is 3.98. The fraction of sp³-hybridized carbons (Fsp3) is 0.647. The van der Waals surface area contributed by atoms with Crippen molar-refractivity contribution in [2.24, 2.45) is 7.05 Å². The zero-order chi connectivity index (χ0) is 15.7. The van der Waals surface area contributed by atoms with Crippen LogP contribution in [0.15, 0.2) is 18.3 Å². The van der Waals surface area contributed by atoms with Crippen LogP contribution in [0.3, 0.4) is 0 Å². The van der Waals surface area contributed by atoms with Crippen LogP contribution in [0.25, 0.3) is 0 Å². The Bertz CT molecular complexity index is 576. The molecule has 3 heterocycles. The van der Waals surface area contributed by atoms with Crippen LogP contribution in [0.4, 0.5) is 0 Å². The van der Waals surface area contributed by atoms with Crippen molar-refractivity contribution in [1.82, 2.24) is 14.4 Å². The van der Waals surface area contributed by atoms with Crippen LogP contribution in [-0.4, -0.2) is 51.4 Å². The lowest BCUT2D eigenvalue weighted by molar-refractivity contribution is -0.144. The Morgan fingerprint density at radius 2 is 2.09 bits per heavy atom. The predicted molar refractivity (Wildman–Crippen MR) is 84.5 cm³/mol. The maximum Gasteiger partial charge on any atom is 0.270 e. The number of hydrogen-bond donors (Lipinski definition) is 0. The van der Waals surface area contributed by atoms with Crippen LogP contribution in [0.1, 0.15) is 49.5 Å². The minimum Gasteiger partial charge on any atom is -0.347 e. The molecular formula is C17H25N3O2. The number of piperidine rings is 2. The number of nitrogens with zero attached hydrogens (tertiary/aromatic N) is 3. The first-order chi connectivity index (χ1) is 10.6. The first-order valence-corrected chi connectivity index (χ1v) is 8.28. The minimum absolute atomic E-state index is 0.0839. The third kappa shape index (κ3) is 2.42. The molecule has 0 N–H and O–H groups in total. The van der Waals surface area contributed by atoms with Gasteiger partial charge in [-0.05, 0) is 44.7 Å². The molecule has 1 aromatic heterocycles. The zero-order valence-electron chi connectivity index (χ0n) is 13.5. The van der Waals surface area contributed by atoms with E-state index in [1.807, 2.05) is 46.7 Å². The summed E-state index contributed by atoms with van der Waals surface area (Å²) in [5.74, 6) is 0.336. The van der Waals surface area contributed by atoms with Gasteiger partial charge in [0.1, 0.15) is 5.69 Å². The average Bonchev–Trinajstić information content (AvgIpc) is 2.93. The Hall–Kier alpha value is -1.78. The van der Waals surface area contributed by atoms with Crippen molar-refractivity contribution in [2.75, 3.05) is 19.6 Å². The lowest BCUT2D eigenvalue weighted by atomic mass is 9.79. The van der Waals surface area contributed by atoms with Gasteiger partial charge >= 0.3 is 0 Å². The Balaban J connectivity index is 1.83. The molecule has 2 saturated heterocycles. The normalized spacial score (nSPS) is 25.8. The lowest BCUT2D eigenvalue weighted by Crippen LogP contribution is -2.63. The fourth-order valence-electron chi connectivity index (χ4n) is 4.17. The molecular weight excluding hydrogens is 278 g/mol. The summed E-state index contributed by atoms with van der Waals surface area (Å²) in [5, 5.41) is 0. The smallest absolute Gasteiger partial charge is 0.270 e. The van der Waals surface area contributed by atoms with Crippen LogP contribution in [0, 0.1) is 0 Å². The van der Waals surface area contributed by atoms with Crippen molar-refractivity contribution < 1.29 is 9.59 Å². The highest BCUT2D eigenvalue weighted by atomic mass is 16.2. The van der Waals surface area contributed by atoms with E-state index in [0.29, 0.717) is 13.0 Å². The number of likely N-dealkylation sites (N-methyl/N-ethyl adjacent to an activating group) is 1. The summed E-state index contributed by atoms with van der Waals surface area (Å²) >= 11 is 0. The molecule has 0 bridgehead atoms. The molecule has 2 aliphatic heterocycles. The molecule has 1 aromatic rings. The van der Waals surface area contributed by atoms with Gasteiger partial charge in [-0.25, -0.2) is 0 Å². The van der Waals surface area contributed by atoms with Crippen molar-refractivity contribution in [1.29, 1.82) is 0 Å². The first-order valence-electron chi connectivity index (χ1n) is 8.28. The van der Waals surface area contributed by atoms with E-state index in [1.54, 1.807) is 0 Å². The Labute approximate surface area is 131 Å². The second kappa shape index (κ2) is 5.78. The third-order valence-corrected chi connectivity index (χ3v) is 5.23. The molecule has 3 rings (SSSR count). The molecule has 5 heteroatoms. The summed E-state index contributed by atoms with van der Waals surface area (Å²) in [5.41, 5.74) is 0.589. The van der Waals surface area contributed by atoms with Crippen molar-refractivity contribution in [2.45, 2.75) is 44.6 Å². The topological polar surface area (TPSA) is 45.6 Å². The van der Waals surface area contributed by atoms with Crippen LogP contribution < -0.4 is 0 Å². The number of likely N-dealkylation sites (tertiary alicyclic amines) is 2. The molecule has 22 heavy (non-hydrogen) atoms. The van der Waals surface area contributed by atoms with Gasteiger partial charge in [-0.1, -0.05) is 0 Å². The van der Waals surface area contributed by atoms with Crippen molar-refractivity contribution in [3.8, 4) is 0 Å². The number of rotatable bonds is 2. The SMILES string of the molecule is CCN1C(=O)CCC[C@@]12CCCN(C(=O)c1cccn1C)C2. The standard InChI is InChI=1S/C17H25N3O2/c1-3-20-15(21)8-4-9-17(20)10-6-12-19(13-17)16(22)14-7-5-11-18(14)2/h5,7,11H,3-4,6,8-10,12-13H2,1-2H3/t17-/m0/s1. The summed E-state index contributed by atoms with van der Waals surface area (Å²) in [7, 11) is 1.90. The highest BCUT2D eigenvalue weighted by Gasteiger charge is 2.45. The molecule has 120 valence electrons. The van der Waals surface area contributed by atoms with Crippen LogP contribution in [0.5, 0.6) is 0 Å². The molecule has 1 spiro atoms. The predicted octanol–water partition coefficient (Wildman–Crippen LogP) is 2.03. The molecule has 0 aliphatic carbocycles. The van der Waals surface area contributed by atoms with E-state index < -0.39 is 0 Å². The quantitative estimate of drug-likeness (QED) is 0.839. The van der Waals surface area contributed by atoms with Gasteiger partial charge in [-0.2, -0.15) is 0 Å². The van der Waals surface area contributed by atoms with Crippen molar-refractivity contribution >= 4 is 11.8 Å². The molecule has 5 nitrogen and oxygen atoms in total. The van der Waals surface area contributed by atoms with E-state index in [4.69, 9.17) is 0 Å². The van der Waals surface area contributed by atoms with Gasteiger partial charge < -0.3 is 14.4 Å². The van der Waals surface area contributed by atoms with Gasteiger partial charge in [0.05, 0.1) is 5.54 Å². The molecule has 2 amide bonds. The molecule has 0 unspecified atom stereocenters. The molecule has 2 aliphatic rings. The Morgan fingerprint density at radius 3 is 2.77 bits per heavy atom. The summed E-state index contributed by atoms with van der Waals surface area (Å²) in [6.45, 7) is 4.25. The number of amides is 2. The maximum atomic E-state index is 12.8. The maximum absolute atomic E-state index is 12.8. The first kappa shape index (κ1) is 15.1. The number of aromatic nitrogens is 1. The minimum atomic E-state index is -0.136. The second-order valence-corrected chi connectivity index (χ2v) is 6.55.